The molecule has 8 nitrogen and oxygen atoms in total. The number of hydrazine groups is 1. The van der Waals surface area contributed by atoms with E-state index in [4.69, 9.17) is 28.6 Å². The zero-order valence-corrected chi connectivity index (χ0v) is 22.7. The third-order valence-corrected chi connectivity index (χ3v) is 6.38. The maximum Gasteiger partial charge on any atom is 0.264 e. The quantitative estimate of drug-likeness (QED) is 0.217. The summed E-state index contributed by atoms with van der Waals surface area (Å²) in [5.74, 6) is -0.872. The molecule has 12 heteroatoms. The molecule has 35 heavy (non-hydrogen) atoms. The van der Waals surface area contributed by atoms with Crippen LogP contribution >= 0.6 is 55.7 Å². The Bertz CT molecular complexity index is 1290. The van der Waals surface area contributed by atoms with Crippen LogP contribution in [-0.2, 0) is 14.4 Å². The Labute approximate surface area is 228 Å². The third-order valence-electron chi connectivity index (χ3n) is 4.53. The monoisotopic (exact) mass is 640 g/mol. The average molecular weight is 643 g/mol. The lowest BCUT2D eigenvalue weighted by molar-refractivity contribution is -0.125. The summed E-state index contributed by atoms with van der Waals surface area (Å²) in [6.07, 6.45) is -0.168. The van der Waals surface area contributed by atoms with Crippen LogP contribution in [0.2, 0.25) is 5.02 Å². The Morgan fingerprint density at radius 2 is 1.66 bits per heavy atom. The van der Waals surface area contributed by atoms with Gasteiger partial charge in [0.25, 0.3) is 5.91 Å². The smallest absolute Gasteiger partial charge is 0.264 e. The van der Waals surface area contributed by atoms with Crippen LogP contribution in [0, 0.1) is 0 Å². The molecule has 0 spiro atoms. The second-order valence-electron chi connectivity index (χ2n) is 7.11. The Morgan fingerprint density at radius 1 is 0.914 bits per heavy atom. The van der Waals surface area contributed by atoms with E-state index in [2.05, 4.69) is 53.3 Å². The fraction of sp³-hybridized carbons (Fsp3) is 0.130. The lowest BCUT2D eigenvalue weighted by Gasteiger charge is -2.13. The van der Waals surface area contributed by atoms with Crippen LogP contribution in [0.3, 0.4) is 0 Å². The van der Waals surface area contributed by atoms with Crippen LogP contribution in [0.15, 0.2) is 63.5 Å². The van der Waals surface area contributed by atoms with Crippen LogP contribution in [-0.4, -0.2) is 29.4 Å². The van der Waals surface area contributed by atoms with E-state index in [1.165, 1.54) is 0 Å². The molecule has 0 aliphatic carbocycles. The van der Waals surface area contributed by atoms with E-state index >= 15 is 0 Å². The molecule has 0 unspecified atom stereocenters. The zero-order valence-electron chi connectivity index (χ0n) is 18.0. The van der Waals surface area contributed by atoms with Gasteiger partial charge in [-0.25, -0.2) is 0 Å². The fourth-order valence-electron chi connectivity index (χ4n) is 2.88. The van der Waals surface area contributed by atoms with Crippen LogP contribution in [0.25, 0.3) is 10.8 Å². The highest BCUT2D eigenvalue weighted by Gasteiger charge is 2.12. The topological polar surface area (TPSA) is 109 Å². The molecule has 0 aromatic heterocycles. The number of nitrogens with one attached hydrogen (secondary N) is 4. The SMILES string of the molecule is O=C(CCC(=O)Nc1ccccc1Cl)NNC(=S)NC(=O)COc1ccc2cc(Br)ccc2c1Br. The number of rotatable bonds is 7. The summed E-state index contributed by atoms with van der Waals surface area (Å²) in [7, 11) is 0. The van der Waals surface area contributed by atoms with Crippen molar-refractivity contribution in [1.29, 1.82) is 0 Å². The molecule has 182 valence electrons. The molecular weight excluding hydrogens is 624 g/mol. The van der Waals surface area contributed by atoms with Gasteiger partial charge in [0.1, 0.15) is 5.75 Å². The third kappa shape index (κ3) is 8.17. The Morgan fingerprint density at radius 3 is 2.43 bits per heavy atom. The largest absolute Gasteiger partial charge is 0.483 e. The minimum atomic E-state index is -0.515. The molecule has 0 heterocycles. The van der Waals surface area contributed by atoms with Crippen molar-refractivity contribution in [1.82, 2.24) is 16.2 Å². The maximum absolute atomic E-state index is 12.1. The average Bonchev–Trinajstić information content (AvgIpc) is 2.82. The van der Waals surface area contributed by atoms with Gasteiger partial charge in [-0.15, -0.1) is 0 Å². The van der Waals surface area contributed by atoms with Crippen molar-refractivity contribution in [2.24, 2.45) is 0 Å². The zero-order chi connectivity index (χ0) is 25.4. The number of thiocarbonyl (C=S) groups is 1. The second kappa shape index (κ2) is 12.8. The normalized spacial score (nSPS) is 10.4. The van der Waals surface area contributed by atoms with Gasteiger partial charge >= 0.3 is 0 Å². The van der Waals surface area contributed by atoms with Crippen molar-refractivity contribution in [3.05, 3.63) is 68.6 Å². The lowest BCUT2D eigenvalue weighted by Crippen LogP contribution is -2.49. The number of benzene rings is 3. The first-order chi connectivity index (χ1) is 16.7. The second-order valence-corrected chi connectivity index (χ2v) is 9.63. The number of anilines is 1. The Balaban J connectivity index is 1.37. The number of amides is 3. The van der Waals surface area contributed by atoms with Crippen molar-refractivity contribution < 1.29 is 19.1 Å². The van der Waals surface area contributed by atoms with E-state index < -0.39 is 11.8 Å². The Kier molecular flexibility index (Phi) is 9.84. The van der Waals surface area contributed by atoms with Gasteiger partial charge in [-0.05, 0) is 69.3 Å². The van der Waals surface area contributed by atoms with Crippen molar-refractivity contribution in [3.63, 3.8) is 0 Å². The van der Waals surface area contributed by atoms with Crippen molar-refractivity contribution in [2.75, 3.05) is 11.9 Å². The Hall–Kier alpha value is -2.73. The number of halogens is 3. The molecule has 0 radical (unpaired) electrons. The summed E-state index contributed by atoms with van der Waals surface area (Å²) in [4.78, 5) is 36.1. The van der Waals surface area contributed by atoms with Crippen LogP contribution in [0.4, 0.5) is 5.69 Å². The summed E-state index contributed by atoms with van der Waals surface area (Å²) in [6.45, 7) is -0.293. The molecule has 0 saturated carbocycles. The minimum absolute atomic E-state index is 0.0662. The molecular formula is C23H19Br2ClN4O4S. The van der Waals surface area contributed by atoms with Gasteiger partial charge in [-0.1, -0.05) is 51.8 Å². The van der Waals surface area contributed by atoms with Crippen LogP contribution < -0.4 is 26.2 Å². The van der Waals surface area contributed by atoms with Crippen molar-refractivity contribution in [2.45, 2.75) is 12.8 Å². The van der Waals surface area contributed by atoms with E-state index in [0.717, 1.165) is 19.7 Å². The van der Waals surface area contributed by atoms with E-state index in [-0.39, 0.29) is 30.5 Å². The summed E-state index contributed by atoms with van der Waals surface area (Å²) < 4.78 is 7.27. The van der Waals surface area contributed by atoms with Gasteiger partial charge in [0.2, 0.25) is 11.8 Å². The summed E-state index contributed by atoms with van der Waals surface area (Å²) >= 11 is 17.9. The summed E-state index contributed by atoms with van der Waals surface area (Å²) in [5.41, 5.74) is 5.20. The van der Waals surface area contributed by atoms with E-state index in [9.17, 15) is 14.4 Å². The van der Waals surface area contributed by atoms with E-state index in [0.29, 0.717) is 16.5 Å². The fourth-order valence-corrected chi connectivity index (χ4v) is 4.22. The number of hydrogen-bond acceptors (Lipinski definition) is 5. The first-order valence-electron chi connectivity index (χ1n) is 10.2. The molecule has 4 N–H and O–H groups in total. The molecule has 0 aliphatic rings. The maximum atomic E-state index is 12.1. The van der Waals surface area contributed by atoms with Crippen molar-refractivity contribution >= 4 is 95.0 Å². The van der Waals surface area contributed by atoms with Crippen LogP contribution in [0.5, 0.6) is 5.75 Å². The standard InChI is InChI=1S/C23H19Br2ClN4O4S/c24-14-6-7-15-13(11-14)5-8-18(22(15)25)34-12-21(33)28-23(35)30-29-20(32)10-9-19(31)27-17-4-2-1-3-16(17)26/h1-8,11H,9-10,12H2,(H,27,31)(H,29,32)(H2,28,30,33,35). The number of para-hydroxylation sites is 1. The van der Waals surface area contributed by atoms with Gasteiger partial charge in [0.15, 0.2) is 11.7 Å². The first-order valence-corrected chi connectivity index (χ1v) is 12.5. The molecule has 0 bridgehead atoms. The number of carbonyl (C=O) groups excluding carboxylic acids is 3. The van der Waals surface area contributed by atoms with E-state index in [1.54, 1.807) is 30.3 Å². The lowest BCUT2D eigenvalue weighted by atomic mass is 10.1. The highest BCUT2D eigenvalue weighted by molar-refractivity contribution is 9.11. The number of ether oxygens (including phenoxy) is 1. The van der Waals surface area contributed by atoms with Gasteiger partial charge in [-0.3, -0.25) is 30.6 Å². The molecule has 0 saturated heterocycles. The molecule has 3 amide bonds. The molecule has 3 aromatic carbocycles. The molecule has 3 aromatic rings. The van der Waals surface area contributed by atoms with E-state index in [1.807, 2.05) is 24.3 Å². The first kappa shape index (κ1) is 26.9. The van der Waals surface area contributed by atoms with Gasteiger partial charge in [-0.2, -0.15) is 0 Å². The molecule has 0 fully saturated rings. The van der Waals surface area contributed by atoms with Gasteiger partial charge in [0, 0.05) is 17.3 Å². The van der Waals surface area contributed by atoms with Crippen molar-refractivity contribution in [3.8, 4) is 5.75 Å². The molecule has 0 aliphatic heterocycles. The van der Waals surface area contributed by atoms with Gasteiger partial charge in [0.05, 0.1) is 15.2 Å². The predicted octanol–water partition coefficient (Wildman–Crippen LogP) is 4.84. The highest BCUT2D eigenvalue weighted by Crippen LogP contribution is 2.34. The number of hydrogen-bond donors (Lipinski definition) is 4. The number of fused-ring (bicyclic) bond motifs is 1. The van der Waals surface area contributed by atoms with Crippen LogP contribution in [0.1, 0.15) is 12.8 Å². The minimum Gasteiger partial charge on any atom is -0.483 e. The highest BCUT2D eigenvalue weighted by atomic mass is 79.9. The molecule has 3 rings (SSSR count). The predicted molar refractivity (Wildman–Crippen MR) is 146 cm³/mol. The summed E-state index contributed by atoms with van der Waals surface area (Å²) in [5, 5.41) is 7.25. The van der Waals surface area contributed by atoms with Gasteiger partial charge < -0.3 is 10.1 Å². The molecule has 0 atom stereocenters. The number of carbonyl (C=O) groups is 3. The summed E-state index contributed by atoms with van der Waals surface area (Å²) in [6, 6.07) is 16.2.